The number of carboxylic acid groups (broad SMARTS) is 1. The van der Waals surface area contributed by atoms with Gasteiger partial charge in [-0.15, -0.1) is 0 Å². The SMILES string of the molecule is [2H]C([2H])(c1ccccc1OCCCCCC(=O)O)N(C(=O)c1ccc(-c2ccsc2)cc1)C1CCCC1. The molecule has 0 unspecified atom stereocenters. The highest BCUT2D eigenvalue weighted by molar-refractivity contribution is 7.08. The van der Waals surface area contributed by atoms with Gasteiger partial charge in [-0.25, -0.2) is 0 Å². The zero-order chi connectivity index (χ0) is 26.3. The number of nitrogens with zero attached hydrogens (tertiary/aromatic N) is 1. The van der Waals surface area contributed by atoms with Crippen molar-refractivity contribution < 1.29 is 22.2 Å². The number of carbonyl (C=O) groups is 2. The van der Waals surface area contributed by atoms with E-state index in [0.29, 0.717) is 36.3 Å². The van der Waals surface area contributed by atoms with Gasteiger partial charge in [0.15, 0.2) is 0 Å². The van der Waals surface area contributed by atoms with Crippen LogP contribution in [-0.4, -0.2) is 34.5 Å². The Morgan fingerprint density at radius 1 is 1.00 bits per heavy atom. The van der Waals surface area contributed by atoms with Gasteiger partial charge in [-0.3, -0.25) is 9.59 Å². The molecule has 1 saturated carbocycles. The van der Waals surface area contributed by atoms with Gasteiger partial charge in [0, 0.05) is 30.1 Å². The summed E-state index contributed by atoms with van der Waals surface area (Å²) in [6, 6.07) is 16.2. The summed E-state index contributed by atoms with van der Waals surface area (Å²) in [5.74, 6) is -0.719. The van der Waals surface area contributed by atoms with Gasteiger partial charge in [-0.05, 0) is 78.3 Å². The van der Waals surface area contributed by atoms with Gasteiger partial charge in [0.05, 0.1) is 9.35 Å². The highest BCUT2D eigenvalue weighted by Crippen LogP contribution is 2.30. The van der Waals surface area contributed by atoms with E-state index in [4.69, 9.17) is 9.84 Å². The number of hydrogen-bond acceptors (Lipinski definition) is 4. The average Bonchev–Trinajstić information content (AvgIpc) is 3.61. The molecular formula is C29H33NO4S. The zero-order valence-corrected chi connectivity index (χ0v) is 20.6. The molecule has 0 spiro atoms. The number of carboxylic acids is 1. The number of para-hydroxylation sites is 1. The summed E-state index contributed by atoms with van der Waals surface area (Å²) in [6.45, 7) is -1.72. The summed E-state index contributed by atoms with van der Waals surface area (Å²) in [5, 5.41) is 12.9. The highest BCUT2D eigenvalue weighted by atomic mass is 32.1. The second-order valence-corrected chi connectivity index (χ2v) is 9.64. The molecule has 35 heavy (non-hydrogen) atoms. The third-order valence-corrected chi connectivity index (χ3v) is 7.00. The molecule has 0 radical (unpaired) electrons. The number of benzene rings is 2. The van der Waals surface area contributed by atoms with E-state index in [9.17, 15) is 12.3 Å². The van der Waals surface area contributed by atoms with Crippen LogP contribution in [0.3, 0.4) is 0 Å². The van der Waals surface area contributed by atoms with E-state index in [-0.39, 0.29) is 18.4 Å². The first kappa shape index (κ1) is 22.4. The van der Waals surface area contributed by atoms with Gasteiger partial charge in [0.25, 0.3) is 5.91 Å². The Morgan fingerprint density at radius 2 is 1.77 bits per heavy atom. The van der Waals surface area contributed by atoms with Crippen LogP contribution < -0.4 is 4.74 Å². The van der Waals surface area contributed by atoms with Crippen LogP contribution >= 0.6 is 11.3 Å². The van der Waals surface area contributed by atoms with Crippen molar-refractivity contribution in [1.29, 1.82) is 0 Å². The smallest absolute Gasteiger partial charge is 0.303 e. The quantitative estimate of drug-likeness (QED) is 0.275. The second-order valence-electron chi connectivity index (χ2n) is 8.86. The Hall–Kier alpha value is -3.12. The Balaban J connectivity index is 1.55. The van der Waals surface area contributed by atoms with Crippen molar-refractivity contribution in [1.82, 2.24) is 4.90 Å². The number of rotatable bonds is 12. The lowest BCUT2D eigenvalue weighted by molar-refractivity contribution is -0.137. The third kappa shape index (κ3) is 6.95. The maximum absolute atomic E-state index is 13.8. The topological polar surface area (TPSA) is 66.8 Å². The minimum atomic E-state index is -2.07. The van der Waals surface area contributed by atoms with Crippen molar-refractivity contribution in [3.63, 3.8) is 0 Å². The largest absolute Gasteiger partial charge is 0.493 e. The first-order valence-corrected chi connectivity index (χ1v) is 13.2. The molecule has 3 aromatic rings. The molecule has 184 valence electrons. The molecule has 0 aliphatic heterocycles. The summed E-state index contributed by atoms with van der Waals surface area (Å²) in [6.07, 6.45) is 5.58. The predicted molar refractivity (Wildman–Crippen MR) is 140 cm³/mol. The highest BCUT2D eigenvalue weighted by Gasteiger charge is 2.28. The molecule has 0 saturated heterocycles. The van der Waals surface area contributed by atoms with Gasteiger partial charge in [0.1, 0.15) is 5.75 Å². The normalized spacial score (nSPS) is 14.9. The van der Waals surface area contributed by atoms with E-state index in [1.165, 1.54) is 4.90 Å². The van der Waals surface area contributed by atoms with Crippen molar-refractivity contribution >= 4 is 23.2 Å². The first-order valence-electron chi connectivity index (χ1n) is 13.3. The van der Waals surface area contributed by atoms with E-state index in [1.807, 2.05) is 23.6 Å². The number of ether oxygens (including phenoxy) is 1. The maximum Gasteiger partial charge on any atom is 0.303 e. The number of unbranched alkanes of at least 4 members (excludes halogenated alkanes) is 2. The van der Waals surface area contributed by atoms with Crippen LogP contribution in [0.4, 0.5) is 0 Å². The molecule has 4 rings (SSSR count). The van der Waals surface area contributed by atoms with Crippen LogP contribution in [0.2, 0.25) is 0 Å². The second kappa shape index (κ2) is 12.5. The monoisotopic (exact) mass is 493 g/mol. The number of thiophene rings is 1. The van der Waals surface area contributed by atoms with Crippen LogP contribution in [0.5, 0.6) is 5.75 Å². The fourth-order valence-corrected chi connectivity index (χ4v) is 5.06. The maximum atomic E-state index is 13.8. The molecule has 5 nitrogen and oxygen atoms in total. The Kier molecular flexibility index (Phi) is 8.01. The van der Waals surface area contributed by atoms with E-state index >= 15 is 0 Å². The van der Waals surface area contributed by atoms with E-state index in [0.717, 1.165) is 43.2 Å². The Bertz CT molecular complexity index is 1170. The minimum absolute atomic E-state index is 0.131. The van der Waals surface area contributed by atoms with Crippen molar-refractivity contribution in [2.24, 2.45) is 0 Å². The van der Waals surface area contributed by atoms with Crippen LogP contribution in [0, 0.1) is 0 Å². The number of carbonyl (C=O) groups excluding carboxylic acids is 1. The van der Waals surface area contributed by atoms with E-state index < -0.39 is 12.5 Å². The predicted octanol–water partition coefficient (Wildman–Crippen LogP) is 7.02. The van der Waals surface area contributed by atoms with Crippen LogP contribution in [-0.2, 0) is 11.3 Å². The molecule has 1 fully saturated rings. The lowest BCUT2D eigenvalue weighted by Gasteiger charge is -2.30. The number of aliphatic carboxylic acids is 1. The van der Waals surface area contributed by atoms with Gasteiger partial charge >= 0.3 is 5.97 Å². The lowest BCUT2D eigenvalue weighted by atomic mass is 10.0. The summed E-state index contributed by atoms with van der Waals surface area (Å²) in [5.41, 5.74) is 2.92. The molecule has 2 aromatic carbocycles. The fraction of sp³-hybridized carbons (Fsp3) is 0.379. The van der Waals surface area contributed by atoms with Crippen molar-refractivity contribution in [3.8, 4) is 16.9 Å². The Morgan fingerprint density at radius 3 is 2.49 bits per heavy atom. The van der Waals surface area contributed by atoms with Gasteiger partial charge in [-0.2, -0.15) is 11.3 Å². The lowest BCUT2D eigenvalue weighted by Crippen LogP contribution is -2.38. The molecule has 1 aromatic heterocycles. The van der Waals surface area contributed by atoms with Gasteiger partial charge in [-0.1, -0.05) is 43.2 Å². The average molecular weight is 494 g/mol. The van der Waals surface area contributed by atoms with Crippen molar-refractivity contribution in [3.05, 3.63) is 76.5 Å². The summed E-state index contributed by atoms with van der Waals surface area (Å²) in [4.78, 5) is 26.0. The molecule has 1 aliphatic carbocycles. The summed E-state index contributed by atoms with van der Waals surface area (Å²) >= 11 is 1.62. The van der Waals surface area contributed by atoms with Crippen LogP contribution in [0.15, 0.2) is 65.4 Å². The van der Waals surface area contributed by atoms with Crippen molar-refractivity contribution in [2.45, 2.75) is 63.9 Å². The summed E-state index contributed by atoms with van der Waals surface area (Å²) in [7, 11) is 0. The van der Waals surface area contributed by atoms with Gasteiger partial charge < -0.3 is 14.7 Å². The fourth-order valence-electron chi connectivity index (χ4n) is 4.40. The molecule has 1 heterocycles. The van der Waals surface area contributed by atoms with E-state index in [1.54, 1.807) is 47.7 Å². The van der Waals surface area contributed by atoms with Crippen LogP contribution in [0.25, 0.3) is 11.1 Å². The third-order valence-electron chi connectivity index (χ3n) is 6.32. The van der Waals surface area contributed by atoms with E-state index in [2.05, 4.69) is 5.38 Å². The molecule has 0 atom stereocenters. The molecule has 0 bridgehead atoms. The van der Waals surface area contributed by atoms with Crippen molar-refractivity contribution in [2.75, 3.05) is 6.61 Å². The number of hydrogen-bond donors (Lipinski definition) is 1. The van der Waals surface area contributed by atoms with Gasteiger partial charge in [0.2, 0.25) is 0 Å². The minimum Gasteiger partial charge on any atom is -0.493 e. The molecule has 6 heteroatoms. The zero-order valence-electron chi connectivity index (χ0n) is 21.8. The molecule has 1 aliphatic rings. The molecular weight excluding hydrogens is 458 g/mol. The molecule has 1 N–H and O–H groups in total. The van der Waals surface area contributed by atoms with Crippen LogP contribution in [0.1, 0.15) is 70.0 Å². The first-order chi connectivity index (χ1) is 17.9. The Labute approximate surface area is 214 Å². The number of amides is 1. The summed E-state index contributed by atoms with van der Waals surface area (Å²) < 4.78 is 24.3. The standard InChI is InChI=1S/C29H33NO4S/c31-28(32)12-2-1-7-18-34-27-11-6-3-8-24(27)20-30(26-9-4-5-10-26)29(33)23-15-13-22(14-16-23)25-17-19-35-21-25/h3,6,8,11,13-17,19,21,26H,1-2,4-5,7,9-10,12,18,20H2,(H,31,32)/i20D2. The molecule has 1 amide bonds.